The fourth-order valence-electron chi connectivity index (χ4n) is 2.84. The molecule has 1 fully saturated rings. The summed E-state index contributed by atoms with van der Waals surface area (Å²) in [7, 11) is 0. The van der Waals surface area contributed by atoms with Gasteiger partial charge in [-0.2, -0.15) is 0 Å². The van der Waals surface area contributed by atoms with Crippen LogP contribution >= 0.6 is 11.8 Å². The highest BCUT2D eigenvalue weighted by Crippen LogP contribution is 2.23. The number of aliphatic hydroxyl groups is 1. The van der Waals surface area contributed by atoms with Crippen LogP contribution in [0.3, 0.4) is 0 Å². The van der Waals surface area contributed by atoms with Crippen LogP contribution in [0.4, 0.5) is 4.79 Å². The molecule has 1 aliphatic heterocycles. The van der Waals surface area contributed by atoms with E-state index in [9.17, 15) is 9.90 Å². The monoisotopic (exact) mass is 382 g/mol. The zero-order chi connectivity index (χ0) is 19.3. The van der Waals surface area contributed by atoms with Crippen molar-refractivity contribution in [2.75, 3.05) is 25.9 Å². The molecular formula is C18H30N4O3S. The van der Waals surface area contributed by atoms with E-state index in [0.717, 1.165) is 17.7 Å². The largest absolute Gasteiger partial charge is 0.444 e. The first-order valence-electron chi connectivity index (χ1n) is 8.96. The van der Waals surface area contributed by atoms with Crippen molar-refractivity contribution in [1.82, 2.24) is 20.2 Å². The van der Waals surface area contributed by atoms with E-state index in [4.69, 9.17) is 4.74 Å². The maximum atomic E-state index is 12.1. The second-order valence-electron chi connectivity index (χ2n) is 7.54. The van der Waals surface area contributed by atoms with E-state index in [0.29, 0.717) is 31.2 Å². The maximum Gasteiger partial charge on any atom is 0.410 e. The third kappa shape index (κ3) is 6.10. The van der Waals surface area contributed by atoms with E-state index in [-0.39, 0.29) is 12.1 Å². The first-order chi connectivity index (χ1) is 12.2. The smallest absolute Gasteiger partial charge is 0.410 e. The number of carbonyl (C=O) groups excluding carboxylic acids is 1. The molecule has 0 spiro atoms. The van der Waals surface area contributed by atoms with Gasteiger partial charge in [-0.1, -0.05) is 0 Å². The van der Waals surface area contributed by atoms with Crippen LogP contribution in [0.1, 0.15) is 51.2 Å². The predicted molar refractivity (Wildman–Crippen MR) is 102 cm³/mol. The van der Waals surface area contributed by atoms with Gasteiger partial charge in [0.05, 0.1) is 5.69 Å². The second kappa shape index (κ2) is 9.01. The first-order valence-corrected chi connectivity index (χ1v) is 10.2. The van der Waals surface area contributed by atoms with Crippen molar-refractivity contribution in [3.8, 4) is 0 Å². The van der Waals surface area contributed by atoms with E-state index in [1.807, 2.05) is 34.0 Å². The van der Waals surface area contributed by atoms with Gasteiger partial charge in [-0.3, -0.25) is 0 Å². The summed E-state index contributed by atoms with van der Waals surface area (Å²) in [6.45, 7) is 9.19. The van der Waals surface area contributed by atoms with Gasteiger partial charge in [-0.05, 0) is 46.8 Å². The molecule has 1 unspecified atom stereocenters. The molecule has 1 atom stereocenters. The Morgan fingerprint density at radius 3 is 2.69 bits per heavy atom. The molecule has 26 heavy (non-hydrogen) atoms. The number of likely N-dealkylation sites (tertiary alicyclic amines) is 1. The average Bonchev–Trinajstić information content (AvgIpc) is 2.58. The molecule has 7 nitrogen and oxygen atoms in total. The number of carbonyl (C=O) groups is 1. The van der Waals surface area contributed by atoms with Gasteiger partial charge in [-0.25, -0.2) is 14.8 Å². The summed E-state index contributed by atoms with van der Waals surface area (Å²) in [6.07, 6.45) is 4.45. The van der Waals surface area contributed by atoms with Crippen LogP contribution in [-0.2, 0) is 4.74 Å². The van der Waals surface area contributed by atoms with Gasteiger partial charge >= 0.3 is 6.09 Å². The van der Waals surface area contributed by atoms with Gasteiger partial charge in [0, 0.05) is 36.8 Å². The molecule has 2 N–H and O–H groups in total. The number of nitrogens with one attached hydrogen (secondary N) is 1. The van der Waals surface area contributed by atoms with Crippen molar-refractivity contribution in [2.24, 2.45) is 0 Å². The average molecular weight is 383 g/mol. The number of aliphatic hydroxyl groups excluding tert-OH is 1. The molecule has 1 saturated heterocycles. The zero-order valence-electron chi connectivity index (χ0n) is 16.3. The molecular weight excluding hydrogens is 352 g/mol. The number of hydrogen-bond donors (Lipinski definition) is 2. The SMILES string of the molecule is CSc1cnc(C)nc1C(O)CNC1CCN(C(=O)OC(C)(C)C)CC1. The Morgan fingerprint density at radius 1 is 1.46 bits per heavy atom. The van der Waals surface area contributed by atoms with Gasteiger partial charge in [0.2, 0.25) is 0 Å². The summed E-state index contributed by atoms with van der Waals surface area (Å²) < 4.78 is 5.42. The summed E-state index contributed by atoms with van der Waals surface area (Å²) in [5.74, 6) is 0.655. The summed E-state index contributed by atoms with van der Waals surface area (Å²) in [6, 6.07) is 0.268. The van der Waals surface area contributed by atoms with Crippen molar-refractivity contribution in [2.45, 2.75) is 63.2 Å². The quantitative estimate of drug-likeness (QED) is 0.757. The van der Waals surface area contributed by atoms with Crippen molar-refractivity contribution >= 4 is 17.9 Å². The van der Waals surface area contributed by atoms with Crippen molar-refractivity contribution in [1.29, 1.82) is 0 Å². The van der Waals surface area contributed by atoms with E-state index >= 15 is 0 Å². The fourth-order valence-corrected chi connectivity index (χ4v) is 3.39. The number of amides is 1. The Bertz CT molecular complexity index is 613. The topological polar surface area (TPSA) is 87.6 Å². The van der Waals surface area contributed by atoms with E-state index in [2.05, 4.69) is 15.3 Å². The number of piperidine rings is 1. The van der Waals surface area contributed by atoms with Crippen LogP contribution < -0.4 is 5.32 Å². The van der Waals surface area contributed by atoms with Gasteiger partial charge in [0.15, 0.2) is 0 Å². The molecule has 0 aliphatic carbocycles. The Balaban J connectivity index is 1.81. The van der Waals surface area contributed by atoms with Crippen LogP contribution in [0.25, 0.3) is 0 Å². The summed E-state index contributed by atoms with van der Waals surface area (Å²) >= 11 is 1.53. The predicted octanol–water partition coefficient (Wildman–Crippen LogP) is 2.53. The van der Waals surface area contributed by atoms with E-state index in [1.165, 1.54) is 11.8 Å². The van der Waals surface area contributed by atoms with Crippen LogP contribution in [0.5, 0.6) is 0 Å². The molecule has 0 bridgehead atoms. The summed E-state index contributed by atoms with van der Waals surface area (Å²) in [4.78, 5) is 23.3. The van der Waals surface area contributed by atoms with Crippen molar-refractivity contribution in [3.63, 3.8) is 0 Å². The van der Waals surface area contributed by atoms with Gasteiger partial charge in [0.25, 0.3) is 0 Å². The molecule has 1 amide bonds. The van der Waals surface area contributed by atoms with E-state index < -0.39 is 11.7 Å². The zero-order valence-corrected chi connectivity index (χ0v) is 17.1. The highest BCUT2D eigenvalue weighted by atomic mass is 32.2. The number of aryl methyl sites for hydroxylation is 1. The molecule has 0 radical (unpaired) electrons. The number of hydrogen-bond acceptors (Lipinski definition) is 7. The number of aromatic nitrogens is 2. The lowest BCUT2D eigenvalue weighted by atomic mass is 10.0. The number of nitrogens with zero attached hydrogens (tertiary/aromatic N) is 3. The minimum atomic E-state index is -0.678. The van der Waals surface area contributed by atoms with Crippen molar-refractivity contribution in [3.05, 3.63) is 17.7 Å². The van der Waals surface area contributed by atoms with Crippen LogP contribution in [0.15, 0.2) is 11.1 Å². The first kappa shape index (κ1) is 20.9. The van der Waals surface area contributed by atoms with Crippen molar-refractivity contribution < 1.29 is 14.6 Å². The molecule has 146 valence electrons. The van der Waals surface area contributed by atoms with Crippen LogP contribution in [-0.4, -0.2) is 63.6 Å². The second-order valence-corrected chi connectivity index (χ2v) is 8.38. The maximum absolute atomic E-state index is 12.1. The van der Waals surface area contributed by atoms with Gasteiger partial charge in [0.1, 0.15) is 17.5 Å². The Morgan fingerprint density at radius 2 is 2.12 bits per heavy atom. The van der Waals surface area contributed by atoms with Crippen LogP contribution in [0, 0.1) is 6.92 Å². The highest BCUT2D eigenvalue weighted by molar-refractivity contribution is 7.98. The highest BCUT2D eigenvalue weighted by Gasteiger charge is 2.27. The standard InChI is InChI=1S/C18H30N4O3S/c1-12-19-11-15(26-5)16(21-12)14(23)10-20-13-6-8-22(9-7-13)17(24)25-18(2,3)4/h11,13-14,20,23H,6-10H2,1-5H3. The molecule has 0 saturated carbocycles. The van der Waals surface area contributed by atoms with Gasteiger partial charge < -0.3 is 20.1 Å². The molecule has 1 aromatic rings. The lowest BCUT2D eigenvalue weighted by Gasteiger charge is -2.34. The molecule has 1 aromatic heterocycles. The third-order valence-electron chi connectivity index (χ3n) is 4.19. The fraction of sp³-hybridized carbons (Fsp3) is 0.722. The molecule has 0 aromatic carbocycles. The minimum Gasteiger partial charge on any atom is -0.444 e. The van der Waals surface area contributed by atoms with Crippen LogP contribution in [0.2, 0.25) is 0 Å². The summed E-state index contributed by atoms with van der Waals surface area (Å²) in [5, 5.41) is 13.9. The number of rotatable bonds is 5. The Kier molecular flexibility index (Phi) is 7.25. The van der Waals surface area contributed by atoms with E-state index in [1.54, 1.807) is 11.1 Å². The normalized spacial score (nSPS) is 17.2. The molecule has 2 heterocycles. The lowest BCUT2D eigenvalue weighted by molar-refractivity contribution is 0.0194. The lowest BCUT2D eigenvalue weighted by Crippen LogP contribution is -2.47. The van der Waals surface area contributed by atoms with Gasteiger partial charge in [-0.15, -0.1) is 11.8 Å². The number of ether oxygens (including phenoxy) is 1. The summed E-state index contributed by atoms with van der Waals surface area (Å²) in [5.41, 5.74) is 0.199. The Hall–Kier alpha value is -1.38. The number of thioether (sulfide) groups is 1. The Labute approximate surface area is 159 Å². The minimum absolute atomic E-state index is 0.253. The third-order valence-corrected chi connectivity index (χ3v) is 4.94. The molecule has 1 aliphatic rings. The molecule has 8 heteroatoms. The molecule has 2 rings (SSSR count).